The van der Waals surface area contributed by atoms with E-state index in [0.717, 1.165) is 0 Å². The zero-order valence-corrected chi connectivity index (χ0v) is 6.40. The number of carbonyl (C=O) groups is 1. The van der Waals surface area contributed by atoms with Crippen LogP contribution in [0.3, 0.4) is 0 Å². The minimum absolute atomic E-state index is 0.201. The maximum absolute atomic E-state index is 10.6. The summed E-state index contributed by atoms with van der Waals surface area (Å²) in [5.74, 6) is -0.0699. The fourth-order valence-corrected chi connectivity index (χ4v) is 0.681. The van der Waals surface area contributed by atoms with Crippen LogP contribution >= 0.6 is 0 Å². The minimum atomic E-state index is -0.271. The molecule has 1 aromatic heterocycles. The van der Waals surface area contributed by atoms with Gasteiger partial charge in [0.05, 0.1) is 11.8 Å². The molecule has 1 N–H and O–H groups in total. The molecule has 5 heteroatoms. The van der Waals surface area contributed by atoms with Crippen molar-refractivity contribution in [3.63, 3.8) is 0 Å². The van der Waals surface area contributed by atoms with Crippen LogP contribution in [-0.4, -0.2) is 16.1 Å². The normalized spacial score (nSPS) is 8.67. The van der Waals surface area contributed by atoms with Crippen LogP contribution in [0.1, 0.15) is 12.5 Å². The number of nitriles is 1. The number of hydrogen-bond donors (Lipinski definition) is 1. The first kappa shape index (κ1) is 8.14. The molecule has 0 fully saturated rings. The molecule has 0 atom stereocenters. The Morgan fingerprint density at radius 1 is 1.75 bits per heavy atom. The number of amides is 1. The molecule has 12 heavy (non-hydrogen) atoms. The Hall–Kier alpha value is -1.96. The molecule has 1 amide bonds. The molecule has 0 aromatic carbocycles. The van der Waals surface area contributed by atoms with Crippen LogP contribution in [0.5, 0.6) is 0 Å². The molecule has 0 saturated heterocycles. The van der Waals surface area contributed by atoms with Gasteiger partial charge in [0.1, 0.15) is 6.07 Å². The van der Waals surface area contributed by atoms with Crippen molar-refractivity contribution < 1.29 is 4.79 Å². The molecule has 0 aliphatic rings. The van der Waals surface area contributed by atoms with E-state index in [0.29, 0.717) is 5.56 Å². The number of nitrogens with one attached hydrogen (secondary N) is 1. The molecule has 0 spiro atoms. The van der Waals surface area contributed by atoms with Crippen LogP contribution in [0, 0.1) is 11.3 Å². The van der Waals surface area contributed by atoms with Crippen molar-refractivity contribution in [3.8, 4) is 6.07 Å². The predicted octanol–water partition coefficient (Wildman–Crippen LogP) is 0.307. The lowest BCUT2D eigenvalue weighted by Gasteiger charge is -1.99. The summed E-state index contributed by atoms with van der Waals surface area (Å²) in [6.07, 6.45) is 1.39. The van der Waals surface area contributed by atoms with Gasteiger partial charge in [0.2, 0.25) is 5.91 Å². The molecule has 0 radical (unpaired) electrons. The standard InChI is InChI=1S/C7H6N4O/c1-5(12)10-7-6(4-8)2-3-9-11-7/h2-3H,1H3,(H,10,11,12). The molecule has 0 aliphatic heterocycles. The van der Waals surface area contributed by atoms with Gasteiger partial charge < -0.3 is 5.32 Å². The van der Waals surface area contributed by atoms with Gasteiger partial charge in [-0.2, -0.15) is 10.4 Å². The monoisotopic (exact) mass is 162 g/mol. The molecular weight excluding hydrogens is 156 g/mol. The van der Waals surface area contributed by atoms with Gasteiger partial charge >= 0.3 is 0 Å². The largest absolute Gasteiger partial charge is 0.308 e. The van der Waals surface area contributed by atoms with Crippen molar-refractivity contribution in [2.45, 2.75) is 6.92 Å². The summed E-state index contributed by atoms with van der Waals surface area (Å²) < 4.78 is 0. The maximum Gasteiger partial charge on any atom is 0.222 e. The van der Waals surface area contributed by atoms with E-state index in [2.05, 4.69) is 15.5 Å². The van der Waals surface area contributed by atoms with Gasteiger partial charge in [0.25, 0.3) is 0 Å². The number of aromatic nitrogens is 2. The predicted molar refractivity (Wildman–Crippen MR) is 41.1 cm³/mol. The van der Waals surface area contributed by atoms with Crippen molar-refractivity contribution in [3.05, 3.63) is 17.8 Å². The average molecular weight is 162 g/mol. The van der Waals surface area contributed by atoms with Crippen LogP contribution < -0.4 is 5.32 Å². The van der Waals surface area contributed by atoms with E-state index < -0.39 is 0 Å². The fraction of sp³-hybridized carbons (Fsp3) is 0.143. The highest BCUT2D eigenvalue weighted by atomic mass is 16.1. The third-order valence-corrected chi connectivity index (χ3v) is 1.14. The van der Waals surface area contributed by atoms with E-state index >= 15 is 0 Å². The number of nitrogens with zero attached hydrogens (tertiary/aromatic N) is 3. The summed E-state index contributed by atoms with van der Waals surface area (Å²) in [6, 6.07) is 3.37. The molecule has 1 aromatic rings. The van der Waals surface area contributed by atoms with Gasteiger partial charge in [-0.05, 0) is 6.07 Å². The SMILES string of the molecule is CC(=O)Nc1nnccc1C#N. The summed E-state index contributed by atoms with van der Waals surface area (Å²) in [5, 5.41) is 18.1. The Labute approximate surface area is 69.0 Å². The first-order valence-corrected chi connectivity index (χ1v) is 3.23. The van der Waals surface area contributed by atoms with Crippen molar-refractivity contribution >= 4 is 11.7 Å². The fourth-order valence-electron chi connectivity index (χ4n) is 0.681. The Morgan fingerprint density at radius 3 is 3.08 bits per heavy atom. The third kappa shape index (κ3) is 1.76. The van der Waals surface area contributed by atoms with Gasteiger partial charge in [-0.15, -0.1) is 5.10 Å². The summed E-state index contributed by atoms with van der Waals surface area (Å²) in [7, 11) is 0. The molecule has 1 rings (SSSR count). The quantitative estimate of drug-likeness (QED) is 0.644. The number of hydrogen-bond acceptors (Lipinski definition) is 4. The Balaban J connectivity index is 2.99. The topological polar surface area (TPSA) is 78.7 Å². The van der Waals surface area contributed by atoms with Crippen molar-refractivity contribution in [1.29, 1.82) is 5.26 Å². The van der Waals surface area contributed by atoms with Gasteiger partial charge in [-0.1, -0.05) is 0 Å². The van der Waals surface area contributed by atoms with Crippen LogP contribution in [0.15, 0.2) is 12.3 Å². The van der Waals surface area contributed by atoms with Gasteiger partial charge in [-0.25, -0.2) is 0 Å². The van der Waals surface area contributed by atoms with Gasteiger partial charge in [0, 0.05) is 6.92 Å². The van der Waals surface area contributed by atoms with E-state index in [1.54, 1.807) is 0 Å². The summed E-state index contributed by atoms with van der Waals surface area (Å²) >= 11 is 0. The zero-order valence-electron chi connectivity index (χ0n) is 6.40. The van der Waals surface area contributed by atoms with Crippen molar-refractivity contribution in [2.24, 2.45) is 0 Å². The van der Waals surface area contributed by atoms with Crippen LogP contribution in [-0.2, 0) is 4.79 Å². The highest BCUT2D eigenvalue weighted by molar-refractivity contribution is 5.88. The first-order valence-electron chi connectivity index (χ1n) is 3.23. The number of anilines is 1. The molecule has 5 nitrogen and oxygen atoms in total. The molecule has 0 unspecified atom stereocenters. The van der Waals surface area contributed by atoms with E-state index in [9.17, 15) is 4.79 Å². The zero-order chi connectivity index (χ0) is 8.97. The minimum Gasteiger partial charge on any atom is -0.308 e. The average Bonchev–Trinajstić information content (AvgIpc) is 2.04. The molecule has 1 heterocycles. The second-order valence-corrected chi connectivity index (χ2v) is 2.09. The van der Waals surface area contributed by atoms with E-state index in [4.69, 9.17) is 5.26 Å². The molecule has 0 aliphatic carbocycles. The van der Waals surface area contributed by atoms with E-state index in [1.165, 1.54) is 19.2 Å². The first-order chi connectivity index (χ1) is 5.74. The number of rotatable bonds is 1. The highest BCUT2D eigenvalue weighted by Gasteiger charge is 2.03. The number of carbonyl (C=O) groups excluding carboxylic acids is 1. The molecular formula is C7H6N4O. The molecule has 60 valence electrons. The van der Waals surface area contributed by atoms with Crippen molar-refractivity contribution in [2.75, 3.05) is 5.32 Å². The lowest BCUT2D eigenvalue weighted by molar-refractivity contribution is -0.114. The lowest BCUT2D eigenvalue weighted by atomic mass is 10.3. The lowest BCUT2D eigenvalue weighted by Crippen LogP contribution is -2.09. The second-order valence-electron chi connectivity index (χ2n) is 2.09. The maximum atomic E-state index is 10.6. The Kier molecular flexibility index (Phi) is 2.33. The Morgan fingerprint density at radius 2 is 2.50 bits per heavy atom. The van der Waals surface area contributed by atoms with E-state index in [1.807, 2.05) is 6.07 Å². The second kappa shape index (κ2) is 3.44. The smallest absolute Gasteiger partial charge is 0.222 e. The summed E-state index contributed by atoms with van der Waals surface area (Å²) in [4.78, 5) is 10.6. The highest BCUT2D eigenvalue weighted by Crippen LogP contribution is 2.07. The summed E-state index contributed by atoms with van der Waals surface area (Å²) in [6.45, 7) is 1.34. The molecule has 0 bridgehead atoms. The van der Waals surface area contributed by atoms with Gasteiger partial charge in [-0.3, -0.25) is 4.79 Å². The Bertz CT molecular complexity index is 342. The van der Waals surface area contributed by atoms with E-state index in [-0.39, 0.29) is 11.7 Å². The summed E-state index contributed by atoms with van der Waals surface area (Å²) in [5.41, 5.74) is 0.306. The van der Waals surface area contributed by atoms with Crippen LogP contribution in [0.2, 0.25) is 0 Å². The third-order valence-electron chi connectivity index (χ3n) is 1.14. The van der Waals surface area contributed by atoms with Crippen LogP contribution in [0.25, 0.3) is 0 Å². The van der Waals surface area contributed by atoms with Crippen LogP contribution in [0.4, 0.5) is 5.82 Å². The molecule has 0 saturated carbocycles. The van der Waals surface area contributed by atoms with Crippen molar-refractivity contribution in [1.82, 2.24) is 10.2 Å². The van der Waals surface area contributed by atoms with Gasteiger partial charge in [0.15, 0.2) is 5.82 Å².